The molecule has 7 heteroatoms. The van der Waals surface area contributed by atoms with Crippen LogP contribution in [0, 0.1) is 0 Å². The van der Waals surface area contributed by atoms with Crippen LogP contribution in [0.2, 0.25) is 0 Å². The molecule has 0 bridgehead atoms. The lowest BCUT2D eigenvalue weighted by molar-refractivity contribution is -0.113. The van der Waals surface area contributed by atoms with Crippen molar-refractivity contribution in [1.82, 2.24) is 9.78 Å². The van der Waals surface area contributed by atoms with E-state index in [0.29, 0.717) is 17.1 Å². The van der Waals surface area contributed by atoms with Crippen LogP contribution in [0.5, 0.6) is 0 Å². The van der Waals surface area contributed by atoms with Crippen LogP contribution in [-0.4, -0.2) is 32.7 Å². The molecule has 1 aromatic heterocycles. The first-order valence-corrected chi connectivity index (χ1v) is 5.97. The number of thioether (sulfide) groups is 1. The van der Waals surface area contributed by atoms with Gasteiger partial charge in [0, 0.05) is 7.05 Å². The third kappa shape index (κ3) is 2.93. The van der Waals surface area contributed by atoms with E-state index in [1.165, 1.54) is 22.6 Å². The number of carbonyl (C=O) groups excluding carboxylic acids is 1. The van der Waals surface area contributed by atoms with Gasteiger partial charge in [-0.05, 0) is 6.26 Å². The highest BCUT2D eigenvalue weighted by atomic mass is 32.2. The summed E-state index contributed by atoms with van der Waals surface area (Å²) in [6.07, 6.45) is 3.40. The van der Waals surface area contributed by atoms with Gasteiger partial charge in [0.2, 0.25) is 5.91 Å². The van der Waals surface area contributed by atoms with Gasteiger partial charge in [-0.1, -0.05) is 12.2 Å². The standard InChI is InChI=1S/C8H12N4OS2/c1-12-8(11-6(13)4-15-2)5(3-10-12)7(9)14/h3H,4H2,1-2H3,(H2,9,14)(H,11,13). The summed E-state index contributed by atoms with van der Waals surface area (Å²) < 4.78 is 1.53. The van der Waals surface area contributed by atoms with Crippen LogP contribution < -0.4 is 11.1 Å². The Morgan fingerprint density at radius 2 is 2.47 bits per heavy atom. The molecule has 1 aromatic rings. The van der Waals surface area contributed by atoms with Crippen molar-refractivity contribution in [2.24, 2.45) is 12.8 Å². The number of nitrogens with two attached hydrogens (primary N) is 1. The molecule has 0 aliphatic rings. The van der Waals surface area contributed by atoms with Crippen molar-refractivity contribution < 1.29 is 4.79 Å². The highest BCUT2D eigenvalue weighted by molar-refractivity contribution is 7.99. The molecule has 15 heavy (non-hydrogen) atoms. The summed E-state index contributed by atoms with van der Waals surface area (Å²) in [5, 5.41) is 6.69. The molecule has 0 aliphatic heterocycles. The van der Waals surface area contributed by atoms with E-state index < -0.39 is 0 Å². The number of nitrogens with one attached hydrogen (secondary N) is 1. The Morgan fingerprint density at radius 3 is 3.00 bits per heavy atom. The highest BCUT2D eigenvalue weighted by Gasteiger charge is 2.13. The molecule has 0 fully saturated rings. The fraction of sp³-hybridized carbons (Fsp3) is 0.375. The lowest BCUT2D eigenvalue weighted by Crippen LogP contribution is -2.20. The van der Waals surface area contributed by atoms with Gasteiger partial charge in [0.15, 0.2) is 0 Å². The van der Waals surface area contributed by atoms with Gasteiger partial charge < -0.3 is 11.1 Å². The third-order valence-electron chi connectivity index (χ3n) is 1.74. The van der Waals surface area contributed by atoms with Gasteiger partial charge in [0.25, 0.3) is 0 Å². The summed E-state index contributed by atoms with van der Waals surface area (Å²) in [5.41, 5.74) is 6.08. The first kappa shape index (κ1) is 12.0. The smallest absolute Gasteiger partial charge is 0.235 e. The maximum Gasteiger partial charge on any atom is 0.235 e. The zero-order chi connectivity index (χ0) is 11.4. The molecule has 5 nitrogen and oxygen atoms in total. The molecule has 0 aromatic carbocycles. The molecule has 1 amide bonds. The van der Waals surface area contributed by atoms with Crippen LogP contribution in [0.1, 0.15) is 5.56 Å². The van der Waals surface area contributed by atoms with Gasteiger partial charge in [-0.15, -0.1) is 0 Å². The second-order valence-electron chi connectivity index (χ2n) is 2.88. The van der Waals surface area contributed by atoms with E-state index in [1.54, 1.807) is 7.05 Å². The van der Waals surface area contributed by atoms with Gasteiger partial charge >= 0.3 is 0 Å². The number of hydrogen-bond acceptors (Lipinski definition) is 4. The van der Waals surface area contributed by atoms with E-state index in [9.17, 15) is 4.79 Å². The van der Waals surface area contributed by atoms with Gasteiger partial charge in [-0.25, -0.2) is 0 Å². The van der Waals surface area contributed by atoms with Crippen LogP contribution in [0.4, 0.5) is 5.82 Å². The van der Waals surface area contributed by atoms with Crippen LogP contribution in [0.3, 0.4) is 0 Å². The monoisotopic (exact) mass is 244 g/mol. The van der Waals surface area contributed by atoms with E-state index in [1.807, 2.05) is 6.26 Å². The Kier molecular flexibility index (Phi) is 4.10. The first-order valence-electron chi connectivity index (χ1n) is 4.17. The molecule has 0 atom stereocenters. The van der Waals surface area contributed by atoms with E-state index in [4.69, 9.17) is 18.0 Å². The van der Waals surface area contributed by atoms with E-state index in [-0.39, 0.29) is 10.9 Å². The van der Waals surface area contributed by atoms with Crippen molar-refractivity contribution in [1.29, 1.82) is 0 Å². The summed E-state index contributed by atoms with van der Waals surface area (Å²) in [5.74, 6) is 0.840. The number of amides is 1. The van der Waals surface area contributed by atoms with Crippen LogP contribution in [0.15, 0.2) is 6.20 Å². The molecular weight excluding hydrogens is 232 g/mol. The van der Waals surface area contributed by atoms with Crippen LogP contribution >= 0.6 is 24.0 Å². The number of thiocarbonyl (C=S) groups is 1. The van der Waals surface area contributed by atoms with E-state index in [0.717, 1.165) is 0 Å². The molecule has 0 saturated heterocycles. The number of aromatic nitrogens is 2. The fourth-order valence-electron chi connectivity index (χ4n) is 1.07. The molecule has 3 N–H and O–H groups in total. The minimum atomic E-state index is -0.0939. The number of hydrogen-bond donors (Lipinski definition) is 2. The molecule has 0 radical (unpaired) electrons. The van der Waals surface area contributed by atoms with Crippen molar-refractivity contribution in [3.63, 3.8) is 0 Å². The third-order valence-corrected chi connectivity index (χ3v) is 2.51. The molecular formula is C8H12N4OS2. The molecule has 0 unspecified atom stereocenters. The SMILES string of the molecule is CSCC(=O)Nc1c(C(N)=S)cnn1C. The summed E-state index contributed by atoms with van der Waals surface area (Å²) in [6, 6.07) is 0. The summed E-state index contributed by atoms with van der Waals surface area (Å²) in [7, 11) is 1.72. The largest absolute Gasteiger partial charge is 0.389 e. The Bertz CT molecular complexity index is 388. The van der Waals surface area contributed by atoms with E-state index >= 15 is 0 Å². The predicted octanol–water partition coefficient (Wildman–Crippen LogP) is 0.356. The van der Waals surface area contributed by atoms with E-state index in [2.05, 4.69) is 10.4 Å². The molecule has 1 rings (SSSR count). The summed E-state index contributed by atoms with van der Waals surface area (Å²) in [4.78, 5) is 11.6. The van der Waals surface area contributed by atoms with Gasteiger partial charge in [-0.3, -0.25) is 9.48 Å². The van der Waals surface area contributed by atoms with Gasteiger partial charge in [-0.2, -0.15) is 16.9 Å². The number of aryl methyl sites for hydroxylation is 1. The Balaban J connectivity index is 2.88. The Morgan fingerprint density at radius 1 is 1.80 bits per heavy atom. The average molecular weight is 244 g/mol. The zero-order valence-electron chi connectivity index (χ0n) is 8.48. The average Bonchev–Trinajstić information content (AvgIpc) is 2.48. The molecule has 1 heterocycles. The van der Waals surface area contributed by atoms with Gasteiger partial charge in [0.05, 0.1) is 17.5 Å². The van der Waals surface area contributed by atoms with Crippen molar-refractivity contribution in [2.45, 2.75) is 0 Å². The van der Waals surface area contributed by atoms with Gasteiger partial charge in [0.1, 0.15) is 10.8 Å². The first-order chi connectivity index (χ1) is 7.06. The van der Waals surface area contributed by atoms with Crippen molar-refractivity contribution in [3.8, 4) is 0 Å². The summed E-state index contributed by atoms with van der Waals surface area (Å²) >= 11 is 6.29. The highest BCUT2D eigenvalue weighted by Crippen LogP contribution is 2.13. The molecule has 0 saturated carbocycles. The molecule has 0 aliphatic carbocycles. The van der Waals surface area contributed by atoms with Crippen LogP contribution in [-0.2, 0) is 11.8 Å². The van der Waals surface area contributed by atoms with Crippen molar-refractivity contribution >= 4 is 40.7 Å². The topological polar surface area (TPSA) is 72.9 Å². The Labute approximate surface area is 97.4 Å². The zero-order valence-corrected chi connectivity index (χ0v) is 10.1. The quantitative estimate of drug-likeness (QED) is 0.748. The summed E-state index contributed by atoms with van der Waals surface area (Å²) in [6.45, 7) is 0. The van der Waals surface area contributed by atoms with Crippen molar-refractivity contribution in [3.05, 3.63) is 11.8 Å². The van der Waals surface area contributed by atoms with Crippen molar-refractivity contribution in [2.75, 3.05) is 17.3 Å². The number of carbonyl (C=O) groups is 1. The maximum absolute atomic E-state index is 11.4. The second-order valence-corrected chi connectivity index (χ2v) is 4.18. The van der Waals surface area contributed by atoms with Crippen LogP contribution in [0.25, 0.3) is 0 Å². The molecule has 0 spiro atoms. The number of nitrogens with zero attached hydrogens (tertiary/aromatic N) is 2. The normalized spacial score (nSPS) is 10.0. The fourth-order valence-corrected chi connectivity index (χ4v) is 1.55. The predicted molar refractivity (Wildman–Crippen MR) is 66.1 cm³/mol. The lowest BCUT2D eigenvalue weighted by atomic mass is 10.3. The Hall–Kier alpha value is -1.08. The second kappa shape index (κ2) is 5.13. The minimum Gasteiger partial charge on any atom is -0.389 e. The number of anilines is 1. The maximum atomic E-state index is 11.4. The molecule has 82 valence electrons. The minimum absolute atomic E-state index is 0.0939. The lowest BCUT2D eigenvalue weighted by Gasteiger charge is -2.06. The number of rotatable bonds is 4.